The summed E-state index contributed by atoms with van der Waals surface area (Å²) in [5.74, 6) is 2.00. The van der Waals surface area contributed by atoms with Crippen LogP contribution in [0.2, 0.25) is 0 Å². The molecule has 0 radical (unpaired) electrons. The first-order valence-electron chi connectivity index (χ1n) is 9.83. The Labute approximate surface area is 171 Å². The number of methoxy groups -OCH3 is 1. The van der Waals surface area contributed by atoms with Gasteiger partial charge in [0, 0.05) is 24.5 Å². The Morgan fingerprint density at radius 1 is 1.25 bits per heavy atom. The van der Waals surface area contributed by atoms with Gasteiger partial charge in [0.2, 0.25) is 0 Å². The topological polar surface area (TPSA) is 72.8 Å². The summed E-state index contributed by atoms with van der Waals surface area (Å²) in [6.45, 7) is 0.194. The van der Waals surface area contributed by atoms with Crippen molar-refractivity contribution in [2.24, 2.45) is 5.92 Å². The first-order valence-corrected chi connectivity index (χ1v) is 10.9. The highest BCUT2D eigenvalue weighted by Crippen LogP contribution is 2.34. The van der Waals surface area contributed by atoms with Crippen molar-refractivity contribution in [1.29, 1.82) is 0 Å². The molecule has 0 amide bonds. The molecule has 0 aliphatic heterocycles. The van der Waals surface area contributed by atoms with E-state index in [-0.39, 0.29) is 29.5 Å². The monoisotopic (exact) mass is 406 g/mol. The molecule has 1 aliphatic rings. The minimum atomic E-state index is -0.695. The molecule has 1 aromatic carbocycles. The van der Waals surface area contributed by atoms with Crippen molar-refractivity contribution in [3.8, 4) is 5.75 Å². The molecule has 0 aromatic heterocycles. The number of allylic oxidation sites excluding steroid dienone is 1. The van der Waals surface area contributed by atoms with E-state index in [0.717, 1.165) is 30.8 Å². The maximum atomic E-state index is 11.9. The maximum absolute atomic E-state index is 11.9. The zero-order chi connectivity index (χ0) is 20.2. The standard InChI is InChI=1S/C22H30O5S/c1-26-22(25)10-6-3-7-13-28-21-15-19(24)14-17(21)11-12-18(23)16-27-20-8-4-2-5-9-20/h2,4-5,8-9,11-12,17-18,21,23H,3,6-7,10,13-16H2,1H3/b12-11+/t17-,18+,21+/m0/s1. The largest absolute Gasteiger partial charge is 0.491 e. The SMILES string of the molecule is COC(=O)CCCCCS[C@@H]1CC(=O)C[C@@H]1/C=C/[C@@H](O)COc1ccccc1. The molecule has 0 spiro atoms. The van der Waals surface area contributed by atoms with Crippen molar-refractivity contribution in [3.05, 3.63) is 42.5 Å². The Morgan fingerprint density at radius 2 is 2.04 bits per heavy atom. The van der Waals surface area contributed by atoms with Crippen molar-refractivity contribution in [1.82, 2.24) is 0 Å². The summed E-state index contributed by atoms with van der Waals surface area (Å²) in [5.41, 5.74) is 0. The van der Waals surface area contributed by atoms with Gasteiger partial charge in [0.25, 0.3) is 0 Å². The lowest BCUT2D eigenvalue weighted by atomic mass is 10.1. The number of aliphatic hydroxyl groups excluding tert-OH is 1. The molecule has 154 valence electrons. The third-order valence-corrected chi connectivity index (χ3v) is 6.17. The first kappa shape index (κ1) is 22.5. The van der Waals surface area contributed by atoms with Gasteiger partial charge in [-0.1, -0.05) is 36.8 Å². The van der Waals surface area contributed by atoms with Gasteiger partial charge in [-0.2, -0.15) is 11.8 Å². The van der Waals surface area contributed by atoms with Crippen molar-refractivity contribution in [2.75, 3.05) is 19.5 Å². The lowest BCUT2D eigenvalue weighted by Gasteiger charge is -2.16. The lowest BCUT2D eigenvalue weighted by molar-refractivity contribution is -0.140. The molecule has 1 N–H and O–H groups in total. The van der Waals surface area contributed by atoms with Gasteiger partial charge in [-0.15, -0.1) is 0 Å². The number of unbranched alkanes of at least 4 members (excludes halogenated alkanes) is 2. The van der Waals surface area contributed by atoms with Gasteiger partial charge < -0.3 is 14.6 Å². The fourth-order valence-corrected chi connectivity index (χ4v) is 4.55. The van der Waals surface area contributed by atoms with Crippen LogP contribution >= 0.6 is 11.8 Å². The molecule has 0 saturated heterocycles. The van der Waals surface area contributed by atoms with Crippen molar-refractivity contribution < 1.29 is 24.2 Å². The molecule has 0 heterocycles. The van der Waals surface area contributed by atoms with Gasteiger partial charge in [0.15, 0.2) is 0 Å². The van der Waals surface area contributed by atoms with Gasteiger partial charge in [0.05, 0.1) is 7.11 Å². The Bertz CT molecular complexity index is 631. The van der Waals surface area contributed by atoms with E-state index < -0.39 is 6.10 Å². The van der Waals surface area contributed by atoms with Gasteiger partial charge in [-0.05, 0) is 36.6 Å². The number of ether oxygens (including phenoxy) is 2. The van der Waals surface area contributed by atoms with Crippen LogP contribution in [0.1, 0.15) is 38.5 Å². The molecule has 3 atom stereocenters. The second-order valence-corrected chi connectivity index (χ2v) is 8.33. The highest BCUT2D eigenvalue weighted by molar-refractivity contribution is 7.99. The van der Waals surface area contributed by atoms with E-state index >= 15 is 0 Å². The van der Waals surface area contributed by atoms with Gasteiger partial charge in [0.1, 0.15) is 24.2 Å². The van der Waals surface area contributed by atoms with E-state index in [0.29, 0.717) is 19.3 Å². The van der Waals surface area contributed by atoms with Crippen molar-refractivity contribution in [2.45, 2.75) is 49.9 Å². The lowest BCUT2D eigenvalue weighted by Crippen LogP contribution is -2.16. The molecule has 1 fully saturated rings. The van der Waals surface area contributed by atoms with Crippen LogP contribution < -0.4 is 4.74 Å². The van der Waals surface area contributed by atoms with Crippen LogP contribution in [-0.4, -0.2) is 47.7 Å². The molecule has 28 heavy (non-hydrogen) atoms. The van der Waals surface area contributed by atoms with E-state index in [2.05, 4.69) is 4.74 Å². The number of benzene rings is 1. The van der Waals surface area contributed by atoms with Crippen molar-refractivity contribution in [3.63, 3.8) is 0 Å². The molecule has 0 unspecified atom stereocenters. The molecule has 5 nitrogen and oxygen atoms in total. The number of carbonyl (C=O) groups is 2. The van der Waals surface area contributed by atoms with Crippen LogP contribution in [0.15, 0.2) is 42.5 Å². The van der Waals surface area contributed by atoms with Crippen LogP contribution in [-0.2, 0) is 14.3 Å². The minimum Gasteiger partial charge on any atom is -0.491 e. The number of thioether (sulfide) groups is 1. The van der Waals surface area contributed by atoms with E-state index in [1.807, 2.05) is 48.2 Å². The van der Waals surface area contributed by atoms with Crippen LogP contribution in [0.3, 0.4) is 0 Å². The highest BCUT2D eigenvalue weighted by Gasteiger charge is 2.31. The van der Waals surface area contributed by atoms with Crippen LogP contribution in [0, 0.1) is 5.92 Å². The van der Waals surface area contributed by atoms with Gasteiger partial charge >= 0.3 is 5.97 Å². The maximum Gasteiger partial charge on any atom is 0.305 e. The zero-order valence-corrected chi connectivity index (χ0v) is 17.2. The molecule has 1 saturated carbocycles. The third-order valence-electron chi connectivity index (χ3n) is 4.70. The van der Waals surface area contributed by atoms with E-state index in [9.17, 15) is 14.7 Å². The molecule has 6 heteroatoms. The molecular formula is C22H30O5S. The summed E-state index contributed by atoms with van der Waals surface area (Å²) in [6.07, 6.45) is 7.48. The fraction of sp³-hybridized carbons (Fsp3) is 0.545. The second kappa shape index (κ2) is 12.6. The Balaban J connectivity index is 1.68. The minimum absolute atomic E-state index is 0.158. The number of carbonyl (C=O) groups excluding carboxylic acids is 2. The fourth-order valence-electron chi connectivity index (χ4n) is 3.14. The van der Waals surface area contributed by atoms with Crippen LogP contribution in [0.5, 0.6) is 5.75 Å². The first-order chi connectivity index (χ1) is 13.6. The van der Waals surface area contributed by atoms with E-state index in [4.69, 9.17) is 4.74 Å². The number of esters is 1. The number of hydrogen-bond donors (Lipinski definition) is 1. The summed E-state index contributed by atoms with van der Waals surface area (Å²) < 4.78 is 10.2. The van der Waals surface area contributed by atoms with E-state index in [1.165, 1.54) is 7.11 Å². The highest BCUT2D eigenvalue weighted by atomic mass is 32.2. The Morgan fingerprint density at radius 3 is 2.79 bits per heavy atom. The summed E-state index contributed by atoms with van der Waals surface area (Å²) in [4.78, 5) is 23.0. The molecule has 0 bridgehead atoms. The molecule has 2 rings (SSSR count). The second-order valence-electron chi connectivity index (χ2n) is 6.98. The molecule has 1 aromatic rings. The number of ketones is 1. The summed E-state index contributed by atoms with van der Waals surface area (Å²) >= 11 is 1.82. The quantitative estimate of drug-likeness (QED) is 0.323. The number of Topliss-reactive ketones (excluding diaryl/α,β-unsaturated/α-hetero) is 1. The number of aliphatic hydroxyl groups is 1. The Kier molecular flexibility index (Phi) is 10.1. The predicted octanol–water partition coefficient (Wildman–Crippen LogP) is 3.80. The Hall–Kier alpha value is -1.79. The summed E-state index contributed by atoms with van der Waals surface area (Å²) in [5, 5.41) is 10.4. The van der Waals surface area contributed by atoms with Crippen LogP contribution in [0.4, 0.5) is 0 Å². The van der Waals surface area contributed by atoms with Crippen LogP contribution in [0.25, 0.3) is 0 Å². The number of para-hydroxylation sites is 1. The van der Waals surface area contributed by atoms with Gasteiger partial charge in [-0.25, -0.2) is 0 Å². The van der Waals surface area contributed by atoms with Gasteiger partial charge in [-0.3, -0.25) is 9.59 Å². The molecular weight excluding hydrogens is 376 g/mol. The smallest absolute Gasteiger partial charge is 0.305 e. The molecule has 1 aliphatic carbocycles. The normalized spacial score (nSPS) is 20.4. The summed E-state index contributed by atoms with van der Waals surface area (Å²) in [7, 11) is 1.41. The third kappa shape index (κ3) is 8.48. The number of hydrogen-bond acceptors (Lipinski definition) is 6. The van der Waals surface area contributed by atoms with E-state index in [1.54, 1.807) is 6.08 Å². The number of rotatable bonds is 12. The van der Waals surface area contributed by atoms with Crippen molar-refractivity contribution >= 4 is 23.5 Å². The zero-order valence-electron chi connectivity index (χ0n) is 16.4. The average Bonchev–Trinajstić information content (AvgIpc) is 3.07. The summed E-state index contributed by atoms with van der Waals surface area (Å²) in [6, 6.07) is 9.39. The average molecular weight is 407 g/mol. The predicted molar refractivity (Wildman–Crippen MR) is 112 cm³/mol.